The van der Waals surface area contributed by atoms with Crippen molar-refractivity contribution in [2.24, 2.45) is 0 Å². The SMILES string of the molecule is COC1CN(c2nn(CC(F)(F)F)c3cc(C)ncc23)C1. The topological polar surface area (TPSA) is 43.2 Å². The molecule has 8 heteroatoms. The van der Waals surface area contributed by atoms with Crippen molar-refractivity contribution in [3.63, 3.8) is 0 Å². The molecule has 5 nitrogen and oxygen atoms in total. The van der Waals surface area contributed by atoms with E-state index in [1.54, 1.807) is 26.3 Å². The number of ether oxygens (including phenoxy) is 1. The Morgan fingerprint density at radius 2 is 2.10 bits per heavy atom. The molecule has 0 atom stereocenters. The molecule has 0 amide bonds. The summed E-state index contributed by atoms with van der Waals surface area (Å²) in [5.74, 6) is 0.537. The minimum atomic E-state index is -4.31. The van der Waals surface area contributed by atoms with Crippen molar-refractivity contribution in [2.45, 2.75) is 25.7 Å². The summed E-state index contributed by atoms with van der Waals surface area (Å²) in [5.41, 5.74) is 1.12. The molecule has 3 heterocycles. The van der Waals surface area contributed by atoms with Crippen LogP contribution >= 0.6 is 0 Å². The van der Waals surface area contributed by atoms with Crippen LogP contribution in [0.5, 0.6) is 0 Å². The fourth-order valence-corrected chi connectivity index (χ4v) is 2.44. The number of halogens is 3. The zero-order valence-electron chi connectivity index (χ0n) is 11.7. The average molecular weight is 300 g/mol. The van der Waals surface area contributed by atoms with E-state index in [-0.39, 0.29) is 6.10 Å². The molecule has 2 aromatic rings. The number of pyridine rings is 1. The molecular formula is C13H15F3N4O. The fourth-order valence-electron chi connectivity index (χ4n) is 2.44. The summed E-state index contributed by atoms with van der Waals surface area (Å²) in [6.07, 6.45) is -2.62. The lowest BCUT2D eigenvalue weighted by Crippen LogP contribution is -2.52. The van der Waals surface area contributed by atoms with E-state index in [4.69, 9.17) is 4.74 Å². The van der Waals surface area contributed by atoms with Crippen LogP contribution in [0, 0.1) is 6.92 Å². The second-order valence-electron chi connectivity index (χ2n) is 5.20. The summed E-state index contributed by atoms with van der Waals surface area (Å²) in [7, 11) is 1.62. The molecule has 0 saturated carbocycles. The van der Waals surface area contributed by atoms with Gasteiger partial charge in [0.1, 0.15) is 6.54 Å². The minimum absolute atomic E-state index is 0.103. The summed E-state index contributed by atoms with van der Waals surface area (Å²) in [6, 6.07) is 1.63. The third-order valence-electron chi connectivity index (χ3n) is 3.56. The van der Waals surface area contributed by atoms with E-state index in [2.05, 4.69) is 10.1 Å². The highest BCUT2D eigenvalue weighted by Gasteiger charge is 2.33. The largest absolute Gasteiger partial charge is 0.408 e. The molecule has 0 unspecified atom stereocenters. The van der Waals surface area contributed by atoms with E-state index in [1.165, 1.54) is 0 Å². The van der Waals surface area contributed by atoms with Crippen molar-refractivity contribution in [3.05, 3.63) is 18.0 Å². The number of alkyl halides is 3. The monoisotopic (exact) mass is 300 g/mol. The van der Waals surface area contributed by atoms with Crippen LogP contribution in [0.4, 0.5) is 19.0 Å². The Morgan fingerprint density at radius 3 is 2.71 bits per heavy atom. The van der Waals surface area contributed by atoms with E-state index >= 15 is 0 Å². The highest BCUT2D eigenvalue weighted by molar-refractivity contribution is 5.90. The molecule has 0 aromatic carbocycles. The molecular weight excluding hydrogens is 285 g/mol. The van der Waals surface area contributed by atoms with Crippen molar-refractivity contribution in [1.29, 1.82) is 0 Å². The standard InChI is InChI=1S/C13H15F3N4O/c1-8-3-11-10(4-17-8)12(19-5-9(6-19)21-2)18-20(11)7-13(14,15)16/h3-4,9H,5-7H2,1-2H3. The summed E-state index contributed by atoms with van der Waals surface area (Å²) in [6.45, 7) is 1.90. The molecule has 0 aliphatic carbocycles. The number of aryl methyl sites for hydroxylation is 1. The summed E-state index contributed by atoms with van der Waals surface area (Å²) in [5, 5.41) is 4.77. The second kappa shape index (κ2) is 4.87. The number of hydrogen-bond donors (Lipinski definition) is 0. The maximum atomic E-state index is 12.7. The van der Waals surface area contributed by atoms with Gasteiger partial charge in [0.05, 0.1) is 17.0 Å². The summed E-state index contributed by atoms with van der Waals surface area (Å²) >= 11 is 0. The molecule has 3 rings (SSSR count). The number of fused-ring (bicyclic) bond motifs is 1. The molecule has 1 saturated heterocycles. The quantitative estimate of drug-likeness (QED) is 0.871. The van der Waals surface area contributed by atoms with Crippen LogP contribution in [-0.4, -0.2) is 47.2 Å². The molecule has 1 fully saturated rings. The van der Waals surface area contributed by atoms with Crippen molar-refractivity contribution in [1.82, 2.24) is 14.8 Å². The predicted octanol–water partition coefficient (Wildman–Crippen LogP) is 2.14. The molecule has 2 aromatic heterocycles. The highest BCUT2D eigenvalue weighted by Crippen LogP contribution is 2.31. The van der Waals surface area contributed by atoms with Crippen molar-refractivity contribution in [2.75, 3.05) is 25.1 Å². The van der Waals surface area contributed by atoms with Gasteiger partial charge < -0.3 is 9.64 Å². The van der Waals surface area contributed by atoms with Crippen LogP contribution in [0.15, 0.2) is 12.3 Å². The zero-order chi connectivity index (χ0) is 15.2. The first kappa shape index (κ1) is 14.1. The van der Waals surface area contributed by atoms with Crippen LogP contribution in [0.2, 0.25) is 0 Å². The van der Waals surface area contributed by atoms with Gasteiger partial charge in [-0.3, -0.25) is 9.67 Å². The number of nitrogens with zero attached hydrogens (tertiary/aromatic N) is 4. The molecule has 114 valence electrons. The van der Waals surface area contributed by atoms with Gasteiger partial charge in [-0.1, -0.05) is 0 Å². The van der Waals surface area contributed by atoms with Gasteiger partial charge in [-0.05, 0) is 13.0 Å². The third kappa shape index (κ3) is 2.67. The van der Waals surface area contributed by atoms with Gasteiger partial charge >= 0.3 is 6.18 Å². The Bertz CT molecular complexity index is 661. The first-order valence-electron chi connectivity index (χ1n) is 6.55. The van der Waals surface area contributed by atoms with Crippen molar-refractivity contribution < 1.29 is 17.9 Å². The second-order valence-corrected chi connectivity index (χ2v) is 5.20. The van der Waals surface area contributed by atoms with Gasteiger partial charge in [0.25, 0.3) is 0 Å². The average Bonchev–Trinajstić information content (AvgIpc) is 2.64. The summed E-state index contributed by atoms with van der Waals surface area (Å²) in [4.78, 5) is 6.07. The zero-order valence-corrected chi connectivity index (χ0v) is 11.7. The lowest BCUT2D eigenvalue weighted by atomic mass is 10.1. The highest BCUT2D eigenvalue weighted by atomic mass is 19.4. The fraction of sp³-hybridized carbons (Fsp3) is 0.538. The van der Waals surface area contributed by atoms with Crippen LogP contribution in [0.3, 0.4) is 0 Å². The van der Waals surface area contributed by atoms with E-state index in [9.17, 15) is 13.2 Å². The lowest BCUT2D eigenvalue weighted by Gasteiger charge is -2.38. The van der Waals surface area contributed by atoms with Gasteiger partial charge in [0.2, 0.25) is 0 Å². The Hall–Kier alpha value is -1.83. The first-order chi connectivity index (χ1) is 9.87. The third-order valence-corrected chi connectivity index (χ3v) is 3.56. The van der Waals surface area contributed by atoms with E-state index < -0.39 is 12.7 Å². The van der Waals surface area contributed by atoms with Gasteiger partial charge in [-0.2, -0.15) is 18.3 Å². The Labute approximate surface area is 119 Å². The number of methoxy groups -OCH3 is 1. The first-order valence-corrected chi connectivity index (χ1v) is 6.55. The van der Waals surface area contributed by atoms with E-state index in [0.717, 1.165) is 4.68 Å². The van der Waals surface area contributed by atoms with Gasteiger partial charge in [0, 0.05) is 32.1 Å². The molecule has 1 aliphatic heterocycles. The maximum absolute atomic E-state index is 12.7. The lowest BCUT2D eigenvalue weighted by molar-refractivity contribution is -0.141. The smallest absolute Gasteiger partial charge is 0.378 e. The van der Waals surface area contributed by atoms with Gasteiger partial charge in [0.15, 0.2) is 5.82 Å². The maximum Gasteiger partial charge on any atom is 0.408 e. The van der Waals surface area contributed by atoms with E-state index in [0.29, 0.717) is 35.5 Å². The van der Waals surface area contributed by atoms with Crippen molar-refractivity contribution >= 4 is 16.7 Å². The number of anilines is 1. The van der Waals surface area contributed by atoms with Crippen LogP contribution in [0.1, 0.15) is 5.69 Å². The predicted molar refractivity (Wildman–Crippen MR) is 71.3 cm³/mol. The van der Waals surface area contributed by atoms with Gasteiger partial charge in [-0.15, -0.1) is 0 Å². The number of rotatable bonds is 3. The minimum Gasteiger partial charge on any atom is -0.378 e. The molecule has 0 N–H and O–H groups in total. The molecule has 0 radical (unpaired) electrons. The Kier molecular flexibility index (Phi) is 3.27. The van der Waals surface area contributed by atoms with Crippen LogP contribution in [0.25, 0.3) is 10.9 Å². The van der Waals surface area contributed by atoms with Gasteiger partial charge in [-0.25, -0.2) is 0 Å². The Morgan fingerprint density at radius 1 is 1.38 bits per heavy atom. The van der Waals surface area contributed by atoms with Crippen molar-refractivity contribution in [3.8, 4) is 0 Å². The molecule has 0 bridgehead atoms. The van der Waals surface area contributed by atoms with E-state index in [1.807, 2.05) is 4.90 Å². The Balaban J connectivity index is 2.01. The molecule has 0 spiro atoms. The number of hydrogen-bond acceptors (Lipinski definition) is 4. The van der Waals surface area contributed by atoms with Crippen LogP contribution < -0.4 is 4.90 Å². The summed E-state index contributed by atoms with van der Waals surface area (Å²) < 4.78 is 44.2. The normalized spacial score (nSPS) is 16.5. The number of aromatic nitrogens is 3. The van der Waals surface area contributed by atoms with Crippen LogP contribution in [-0.2, 0) is 11.3 Å². The molecule has 21 heavy (non-hydrogen) atoms. The molecule has 1 aliphatic rings.